The van der Waals surface area contributed by atoms with E-state index in [0.29, 0.717) is 12.1 Å². The lowest BCUT2D eigenvalue weighted by molar-refractivity contribution is 0.0680. The third-order valence-electron chi connectivity index (χ3n) is 4.75. The predicted octanol–water partition coefficient (Wildman–Crippen LogP) is 2.26. The van der Waals surface area contributed by atoms with Crippen molar-refractivity contribution in [3.05, 3.63) is 48.3 Å². The second-order valence-corrected chi connectivity index (χ2v) is 6.09. The summed E-state index contributed by atoms with van der Waals surface area (Å²) >= 11 is 0. The van der Waals surface area contributed by atoms with E-state index < -0.39 is 0 Å². The summed E-state index contributed by atoms with van der Waals surface area (Å²) in [6, 6.07) is 10.4. The van der Waals surface area contributed by atoms with E-state index in [2.05, 4.69) is 15.3 Å². The van der Waals surface area contributed by atoms with Gasteiger partial charge >= 0.3 is 0 Å². The van der Waals surface area contributed by atoms with Crippen molar-refractivity contribution in [3.63, 3.8) is 0 Å². The zero-order valence-corrected chi connectivity index (χ0v) is 13.7. The summed E-state index contributed by atoms with van der Waals surface area (Å²) < 4.78 is 1.79. The van der Waals surface area contributed by atoms with Crippen LogP contribution in [0.25, 0.3) is 5.69 Å². The van der Waals surface area contributed by atoms with E-state index in [0.717, 1.165) is 43.6 Å². The van der Waals surface area contributed by atoms with Crippen molar-refractivity contribution in [2.45, 2.75) is 31.3 Å². The second-order valence-electron chi connectivity index (χ2n) is 6.09. The molecule has 1 amide bonds. The Morgan fingerprint density at radius 1 is 1.17 bits per heavy atom. The van der Waals surface area contributed by atoms with Gasteiger partial charge in [0.05, 0.1) is 5.69 Å². The van der Waals surface area contributed by atoms with Crippen LogP contribution >= 0.6 is 12.4 Å². The van der Waals surface area contributed by atoms with Gasteiger partial charge in [0.25, 0.3) is 5.91 Å². The molecule has 1 N–H and O–H groups in total. The molecule has 1 aromatic heterocycles. The summed E-state index contributed by atoms with van der Waals surface area (Å²) in [5.74, 6) is 0.158. The predicted molar refractivity (Wildman–Crippen MR) is 91.3 cm³/mol. The number of nitrogens with one attached hydrogen (secondary N) is 1. The Balaban J connectivity index is 0.00000156. The van der Waals surface area contributed by atoms with Crippen molar-refractivity contribution in [2.24, 2.45) is 0 Å². The maximum atomic E-state index is 13.0. The van der Waals surface area contributed by atoms with E-state index in [9.17, 15) is 4.79 Å². The minimum atomic E-state index is 0. The highest BCUT2D eigenvalue weighted by atomic mass is 35.5. The van der Waals surface area contributed by atoms with E-state index in [1.165, 1.54) is 0 Å². The number of aromatic nitrogens is 2. The van der Waals surface area contributed by atoms with Crippen LogP contribution < -0.4 is 5.32 Å². The topological polar surface area (TPSA) is 50.2 Å². The van der Waals surface area contributed by atoms with Gasteiger partial charge in [-0.15, -0.1) is 12.4 Å². The molecule has 2 aromatic rings. The summed E-state index contributed by atoms with van der Waals surface area (Å²) in [6.07, 6.45) is 6.94. The van der Waals surface area contributed by atoms with Crippen molar-refractivity contribution in [3.8, 4) is 5.69 Å². The fourth-order valence-corrected chi connectivity index (χ4v) is 3.67. The summed E-state index contributed by atoms with van der Waals surface area (Å²) in [6.45, 7) is 1.93. The van der Waals surface area contributed by atoms with Gasteiger partial charge in [-0.25, -0.2) is 4.68 Å². The first kappa shape index (κ1) is 16.0. The lowest BCUT2D eigenvalue weighted by atomic mass is 10.1. The Morgan fingerprint density at radius 3 is 2.87 bits per heavy atom. The summed E-state index contributed by atoms with van der Waals surface area (Å²) in [5, 5.41) is 7.68. The quantitative estimate of drug-likeness (QED) is 0.917. The van der Waals surface area contributed by atoms with Crippen LogP contribution in [-0.2, 0) is 0 Å². The normalized spacial score (nSPS) is 23.2. The SMILES string of the molecule is Cl.O=C(c1cccc(-n2cccn2)c1)N1[C@H]2CCNC[C@@H]1CC2. The minimum absolute atomic E-state index is 0. The lowest BCUT2D eigenvalue weighted by Gasteiger charge is -2.28. The van der Waals surface area contributed by atoms with E-state index in [1.54, 1.807) is 10.9 Å². The first-order chi connectivity index (χ1) is 10.8. The second kappa shape index (κ2) is 6.72. The molecule has 0 saturated carbocycles. The number of carbonyl (C=O) groups is 1. The van der Waals surface area contributed by atoms with Crippen LogP contribution in [0.4, 0.5) is 0 Å². The first-order valence-corrected chi connectivity index (χ1v) is 7.96. The molecule has 2 atom stereocenters. The van der Waals surface area contributed by atoms with Crippen molar-refractivity contribution in [2.75, 3.05) is 13.1 Å². The lowest BCUT2D eigenvalue weighted by Crippen LogP contribution is -2.42. The van der Waals surface area contributed by atoms with E-state index in [1.807, 2.05) is 36.5 Å². The van der Waals surface area contributed by atoms with Crippen LogP contribution in [0.3, 0.4) is 0 Å². The molecule has 0 unspecified atom stereocenters. The fraction of sp³-hybridized carbons (Fsp3) is 0.412. The Kier molecular flexibility index (Phi) is 4.68. The number of amides is 1. The Hall–Kier alpha value is -1.85. The summed E-state index contributed by atoms with van der Waals surface area (Å²) in [4.78, 5) is 15.1. The largest absolute Gasteiger partial charge is 0.331 e. The number of hydrogen-bond acceptors (Lipinski definition) is 3. The Morgan fingerprint density at radius 2 is 2.04 bits per heavy atom. The van der Waals surface area contributed by atoms with Crippen LogP contribution in [0.1, 0.15) is 29.6 Å². The molecular formula is C17H21ClN4O. The van der Waals surface area contributed by atoms with Gasteiger partial charge in [0.15, 0.2) is 0 Å². The van der Waals surface area contributed by atoms with Gasteiger partial charge in [0.1, 0.15) is 0 Å². The van der Waals surface area contributed by atoms with E-state index in [4.69, 9.17) is 0 Å². The zero-order valence-electron chi connectivity index (χ0n) is 12.9. The number of hydrogen-bond donors (Lipinski definition) is 1. The summed E-state index contributed by atoms with van der Waals surface area (Å²) in [5.41, 5.74) is 1.68. The molecule has 1 aromatic carbocycles. The highest BCUT2D eigenvalue weighted by molar-refractivity contribution is 5.95. The molecule has 3 heterocycles. The fourth-order valence-electron chi connectivity index (χ4n) is 3.67. The van der Waals surface area contributed by atoms with Crippen LogP contribution in [-0.4, -0.2) is 45.8 Å². The molecule has 0 radical (unpaired) electrons. The molecule has 2 aliphatic heterocycles. The van der Waals surface area contributed by atoms with Crippen molar-refractivity contribution in [1.29, 1.82) is 0 Å². The van der Waals surface area contributed by atoms with E-state index >= 15 is 0 Å². The molecule has 2 saturated heterocycles. The first-order valence-electron chi connectivity index (χ1n) is 7.96. The van der Waals surface area contributed by atoms with Gasteiger partial charge in [0, 0.05) is 36.6 Å². The molecule has 2 fully saturated rings. The number of nitrogens with zero attached hydrogens (tertiary/aromatic N) is 3. The number of rotatable bonds is 2. The van der Waals surface area contributed by atoms with Gasteiger partial charge in [-0.05, 0) is 50.1 Å². The molecule has 6 heteroatoms. The van der Waals surface area contributed by atoms with Crippen molar-refractivity contribution < 1.29 is 4.79 Å². The molecule has 0 aliphatic carbocycles. The highest BCUT2D eigenvalue weighted by Gasteiger charge is 2.38. The molecule has 122 valence electrons. The maximum Gasteiger partial charge on any atom is 0.254 e. The average Bonchev–Trinajstić information content (AvgIpc) is 3.14. The van der Waals surface area contributed by atoms with Crippen LogP contribution in [0.15, 0.2) is 42.7 Å². The average molecular weight is 333 g/mol. The molecule has 2 aliphatic rings. The number of carbonyl (C=O) groups excluding carboxylic acids is 1. The molecular weight excluding hydrogens is 312 g/mol. The van der Waals surface area contributed by atoms with Gasteiger partial charge in [-0.3, -0.25) is 4.79 Å². The Bertz CT molecular complexity index is 659. The minimum Gasteiger partial charge on any atom is -0.331 e. The highest BCUT2D eigenvalue weighted by Crippen LogP contribution is 2.29. The number of fused-ring (bicyclic) bond motifs is 2. The van der Waals surface area contributed by atoms with Crippen molar-refractivity contribution >= 4 is 18.3 Å². The molecule has 23 heavy (non-hydrogen) atoms. The monoisotopic (exact) mass is 332 g/mol. The third kappa shape index (κ3) is 2.99. The smallest absolute Gasteiger partial charge is 0.254 e. The van der Waals surface area contributed by atoms with E-state index in [-0.39, 0.29) is 18.3 Å². The number of benzene rings is 1. The maximum absolute atomic E-state index is 13.0. The van der Waals surface area contributed by atoms with Crippen LogP contribution in [0, 0.1) is 0 Å². The summed E-state index contributed by atoms with van der Waals surface area (Å²) in [7, 11) is 0. The van der Waals surface area contributed by atoms with Crippen molar-refractivity contribution in [1.82, 2.24) is 20.0 Å². The third-order valence-corrected chi connectivity index (χ3v) is 4.75. The van der Waals surface area contributed by atoms with Crippen LogP contribution in [0.2, 0.25) is 0 Å². The van der Waals surface area contributed by atoms with Gasteiger partial charge in [0.2, 0.25) is 0 Å². The van der Waals surface area contributed by atoms with Gasteiger partial charge in [-0.2, -0.15) is 5.10 Å². The van der Waals surface area contributed by atoms with Gasteiger partial charge in [-0.1, -0.05) is 6.07 Å². The van der Waals surface area contributed by atoms with Gasteiger partial charge < -0.3 is 10.2 Å². The molecule has 2 bridgehead atoms. The van der Waals surface area contributed by atoms with Crippen LogP contribution in [0.5, 0.6) is 0 Å². The zero-order chi connectivity index (χ0) is 14.9. The molecule has 5 nitrogen and oxygen atoms in total. The standard InChI is InChI=1S/C17H20N4O.ClH/c22-17(21-14-5-6-16(21)12-18-9-7-14)13-3-1-4-15(11-13)20-10-2-8-19-20;/h1-4,8,10-11,14,16,18H,5-7,9,12H2;1H/t14-,16+;/m1./s1. The number of halogens is 1. The Labute approximate surface area is 142 Å². The molecule has 4 rings (SSSR count). The molecule has 0 spiro atoms.